The smallest absolute Gasteiger partial charge is 0.255 e. The van der Waals surface area contributed by atoms with Crippen LogP contribution in [0.2, 0.25) is 0 Å². The Hall–Kier alpha value is -3.06. The summed E-state index contributed by atoms with van der Waals surface area (Å²) in [5.41, 5.74) is 7.74. The first kappa shape index (κ1) is 21.6. The van der Waals surface area contributed by atoms with Gasteiger partial charge < -0.3 is 25.8 Å². The summed E-state index contributed by atoms with van der Waals surface area (Å²) < 4.78 is 10.5. The van der Waals surface area contributed by atoms with Crippen LogP contribution < -0.4 is 25.8 Å². The molecule has 4 N–H and O–H groups in total. The first-order chi connectivity index (χ1) is 14.5. The number of methoxy groups -OCH3 is 2. The van der Waals surface area contributed by atoms with Crippen LogP contribution in [-0.2, 0) is 11.2 Å². The molecule has 2 aromatic rings. The molecule has 0 aliphatic heterocycles. The third-order valence-electron chi connectivity index (χ3n) is 5.40. The minimum Gasteiger partial charge on any atom is -0.493 e. The molecular formula is C23H29N3O4. The lowest BCUT2D eigenvalue weighted by Gasteiger charge is -2.27. The molecule has 0 radical (unpaired) electrons. The Kier molecular flexibility index (Phi) is 7.30. The van der Waals surface area contributed by atoms with Crippen LogP contribution in [0.25, 0.3) is 0 Å². The summed E-state index contributed by atoms with van der Waals surface area (Å²) in [4.78, 5) is 25.3. The Morgan fingerprint density at radius 3 is 2.40 bits per heavy atom. The molecule has 0 saturated heterocycles. The maximum atomic E-state index is 12.7. The highest BCUT2D eigenvalue weighted by Crippen LogP contribution is 2.28. The molecule has 0 bridgehead atoms. The van der Waals surface area contributed by atoms with E-state index in [-0.39, 0.29) is 30.3 Å². The lowest BCUT2D eigenvalue weighted by molar-refractivity contribution is -0.121. The molecule has 7 heteroatoms. The predicted molar refractivity (Wildman–Crippen MR) is 116 cm³/mol. The average Bonchev–Trinajstić information content (AvgIpc) is 2.76. The van der Waals surface area contributed by atoms with Crippen LogP contribution >= 0.6 is 0 Å². The van der Waals surface area contributed by atoms with E-state index in [1.807, 2.05) is 18.2 Å². The van der Waals surface area contributed by atoms with Crippen LogP contribution in [0.4, 0.5) is 5.69 Å². The summed E-state index contributed by atoms with van der Waals surface area (Å²) >= 11 is 0. The van der Waals surface area contributed by atoms with Gasteiger partial charge in [-0.3, -0.25) is 9.59 Å². The van der Waals surface area contributed by atoms with Gasteiger partial charge in [-0.05, 0) is 55.5 Å². The normalized spacial score (nSPS) is 18.4. The van der Waals surface area contributed by atoms with Gasteiger partial charge in [0.15, 0.2) is 11.5 Å². The standard InChI is InChI=1S/C23H29N3O4/c1-29-20-12-7-16(13-21(20)30-2)23(28)26-19-6-4-3-5-15(19)14-22(27)25-18-10-8-17(24)9-11-18/h3-7,12-13,17-18H,8-11,14,24H2,1-2H3,(H,25,27)(H,26,28). The number of hydrogen-bond acceptors (Lipinski definition) is 5. The highest BCUT2D eigenvalue weighted by atomic mass is 16.5. The van der Waals surface area contributed by atoms with Crippen LogP contribution in [0.15, 0.2) is 42.5 Å². The molecular weight excluding hydrogens is 382 g/mol. The molecule has 2 amide bonds. The number of para-hydroxylation sites is 1. The van der Waals surface area contributed by atoms with Crippen molar-refractivity contribution in [3.8, 4) is 11.5 Å². The van der Waals surface area contributed by atoms with Crippen LogP contribution in [0.5, 0.6) is 11.5 Å². The van der Waals surface area contributed by atoms with Gasteiger partial charge in [0.1, 0.15) is 0 Å². The number of nitrogens with one attached hydrogen (secondary N) is 2. The monoisotopic (exact) mass is 411 g/mol. The van der Waals surface area contributed by atoms with Crippen molar-refractivity contribution in [1.82, 2.24) is 5.32 Å². The zero-order valence-corrected chi connectivity index (χ0v) is 17.4. The summed E-state index contributed by atoms with van der Waals surface area (Å²) in [6.07, 6.45) is 3.88. The van der Waals surface area contributed by atoms with Gasteiger partial charge in [-0.15, -0.1) is 0 Å². The fourth-order valence-electron chi connectivity index (χ4n) is 3.68. The zero-order chi connectivity index (χ0) is 21.5. The quantitative estimate of drug-likeness (QED) is 0.650. The topological polar surface area (TPSA) is 103 Å². The molecule has 7 nitrogen and oxygen atoms in total. The fraction of sp³-hybridized carbons (Fsp3) is 0.391. The van der Waals surface area contributed by atoms with Crippen LogP contribution in [0, 0.1) is 0 Å². The maximum absolute atomic E-state index is 12.7. The van der Waals surface area contributed by atoms with Crippen molar-refractivity contribution >= 4 is 17.5 Å². The van der Waals surface area contributed by atoms with E-state index in [9.17, 15) is 9.59 Å². The van der Waals surface area contributed by atoms with Crippen molar-refractivity contribution in [3.63, 3.8) is 0 Å². The van der Waals surface area contributed by atoms with Crippen molar-refractivity contribution in [1.29, 1.82) is 0 Å². The number of ether oxygens (including phenoxy) is 2. The summed E-state index contributed by atoms with van der Waals surface area (Å²) in [5.74, 6) is 0.688. The average molecular weight is 412 g/mol. The van der Waals surface area contributed by atoms with Gasteiger partial charge in [0.2, 0.25) is 5.91 Å². The first-order valence-corrected chi connectivity index (χ1v) is 10.2. The molecule has 1 aliphatic carbocycles. The minimum atomic E-state index is -0.287. The van der Waals surface area contributed by atoms with Gasteiger partial charge in [-0.1, -0.05) is 18.2 Å². The van der Waals surface area contributed by atoms with Gasteiger partial charge in [-0.25, -0.2) is 0 Å². The second kappa shape index (κ2) is 10.1. The Bertz CT molecular complexity index is 892. The highest BCUT2D eigenvalue weighted by Gasteiger charge is 2.21. The lowest BCUT2D eigenvalue weighted by Crippen LogP contribution is -2.41. The number of carbonyl (C=O) groups is 2. The Balaban J connectivity index is 1.66. The molecule has 160 valence electrons. The molecule has 1 fully saturated rings. The molecule has 1 saturated carbocycles. The van der Waals surface area contributed by atoms with Crippen molar-refractivity contribution in [3.05, 3.63) is 53.6 Å². The zero-order valence-electron chi connectivity index (χ0n) is 17.4. The molecule has 2 aromatic carbocycles. The minimum absolute atomic E-state index is 0.0525. The fourth-order valence-corrected chi connectivity index (χ4v) is 3.68. The number of anilines is 1. The molecule has 3 rings (SSSR count). The number of rotatable bonds is 7. The van der Waals surface area contributed by atoms with E-state index >= 15 is 0 Å². The third-order valence-corrected chi connectivity index (χ3v) is 5.40. The molecule has 0 aromatic heterocycles. The van der Waals surface area contributed by atoms with E-state index < -0.39 is 0 Å². The highest BCUT2D eigenvalue weighted by molar-refractivity contribution is 6.05. The van der Waals surface area contributed by atoms with Gasteiger partial charge in [-0.2, -0.15) is 0 Å². The van der Waals surface area contributed by atoms with Crippen molar-refractivity contribution in [2.75, 3.05) is 19.5 Å². The van der Waals surface area contributed by atoms with Gasteiger partial charge >= 0.3 is 0 Å². The van der Waals surface area contributed by atoms with Crippen molar-refractivity contribution in [2.45, 2.75) is 44.2 Å². The Morgan fingerprint density at radius 1 is 1.00 bits per heavy atom. The molecule has 30 heavy (non-hydrogen) atoms. The largest absolute Gasteiger partial charge is 0.493 e. The summed E-state index contributed by atoms with van der Waals surface area (Å²) in [6, 6.07) is 12.7. The number of benzene rings is 2. The van der Waals surface area contributed by atoms with E-state index in [1.165, 1.54) is 7.11 Å². The molecule has 0 atom stereocenters. The number of nitrogens with two attached hydrogens (primary N) is 1. The van der Waals surface area contributed by atoms with Crippen molar-refractivity contribution < 1.29 is 19.1 Å². The second-order valence-electron chi connectivity index (χ2n) is 7.54. The van der Waals surface area contributed by atoms with E-state index in [1.54, 1.807) is 31.4 Å². The summed E-state index contributed by atoms with van der Waals surface area (Å²) in [7, 11) is 3.06. The van der Waals surface area contributed by atoms with E-state index in [0.29, 0.717) is 22.7 Å². The third kappa shape index (κ3) is 5.51. The van der Waals surface area contributed by atoms with E-state index in [2.05, 4.69) is 10.6 Å². The number of carbonyl (C=O) groups excluding carboxylic acids is 2. The summed E-state index contributed by atoms with van der Waals surface area (Å²) in [5, 5.41) is 5.99. The van der Waals surface area contributed by atoms with Gasteiger partial charge in [0.25, 0.3) is 5.91 Å². The second-order valence-corrected chi connectivity index (χ2v) is 7.54. The SMILES string of the molecule is COc1ccc(C(=O)Nc2ccccc2CC(=O)NC2CCC(N)CC2)cc1OC. The van der Waals surface area contributed by atoms with Crippen molar-refractivity contribution in [2.24, 2.45) is 5.73 Å². The van der Waals surface area contributed by atoms with Gasteiger partial charge in [0, 0.05) is 23.3 Å². The number of hydrogen-bond donors (Lipinski definition) is 3. The molecule has 0 heterocycles. The van der Waals surface area contributed by atoms with Crippen LogP contribution in [0.1, 0.15) is 41.6 Å². The lowest BCUT2D eigenvalue weighted by atomic mass is 9.91. The van der Waals surface area contributed by atoms with E-state index in [4.69, 9.17) is 15.2 Å². The number of amides is 2. The Labute approximate surface area is 176 Å². The van der Waals surface area contributed by atoms with Gasteiger partial charge in [0.05, 0.1) is 20.6 Å². The molecule has 0 spiro atoms. The first-order valence-electron chi connectivity index (χ1n) is 10.2. The van der Waals surface area contributed by atoms with Crippen LogP contribution in [-0.4, -0.2) is 38.1 Å². The predicted octanol–water partition coefficient (Wildman–Crippen LogP) is 2.88. The maximum Gasteiger partial charge on any atom is 0.255 e. The molecule has 0 unspecified atom stereocenters. The molecule has 1 aliphatic rings. The summed E-state index contributed by atoms with van der Waals surface area (Å²) in [6.45, 7) is 0. The van der Waals surface area contributed by atoms with E-state index in [0.717, 1.165) is 31.2 Å². The Morgan fingerprint density at radius 2 is 1.70 bits per heavy atom. The van der Waals surface area contributed by atoms with Crippen LogP contribution in [0.3, 0.4) is 0 Å².